The summed E-state index contributed by atoms with van der Waals surface area (Å²) in [6, 6.07) is 18.6. The first kappa shape index (κ1) is 14.9. The molecule has 1 unspecified atom stereocenters. The average molecular weight is 297 g/mol. The number of nitrogens with zero attached hydrogens (tertiary/aromatic N) is 2. The fraction of sp³-hybridized carbons (Fsp3) is 0.176. The Morgan fingerprint density at radius 3 is 2.52 bits per heavy atom. The van der Waals surface area contributed by atoms with Crippen molar-refractivity contribution in [3.63, 3.8) is 0 Å². The van der Waals surface area contributed by atoms with E-state index in [4.69, 9.17) is 21.6 Å². The predicted octanol–water partition coefficient (Wildman–Crippen LogP) is 4.29. The molecule has 4 heteroatoms. The fourth-order valence-corrected chi connectivity index (χ4v) is 2.08. The van der Waals surface area contributed by atoms with Crippen molar-refractivity contribution in [3.05, 3.63) is 64.7 Å². The van der Waals surface area contributed by atoms with Crippen molar-refractivity contribution in [2.45, 2.75) is 12.3 Å². The van der Waals surface area contributed by atoms with Crippen LogP contribution < -0.4 is 4.74 Å². The molecule has 1 atom stereocenters. The summed E-state index contributed by atoms with van der Waals surface area (Å²) in [5.41, 5.74) is 1.41. The molecular weight excluding hydrogens is 284 g/mol. The lowest BCUT2D eigenvalue weighted by molar-refractivity contribution is 0.306. The van der Waals surface area contributed by atoms with Crippen molar-refractivity contribution in [2.75, 3.05) is 6.61 Å². The van der Waals surface area contributed by atoms with Gasteiger partial charge < -0.3 is 4.74 Å². The van der Waals surface area contributed by atoms with Gasteiger partial charge in [-0.25, -0.2) is 0 Å². The molecule has 2 aromatic rings. The van der Waals surface area contributed by atoms with Crippen LogP contribution in [0, 0.1) is 22.7 Å². The Morgan fingerprint density at radius 2 is 1.86 bits per heavy atom. The number of hydrogen-bond acceptors (Lipinski definition) is 3. The Hall–Kier alpha value is -2.49. The van der Waals surface area contributed by atoms with Gasteiger partial charge in [-0.15, -0.1) is 0 Å². The van der Waals surface area contributed by atoms with E-state index in [2.05, 4.69) is 12.1 Å². The molecule has 0 saturated carbocycles. The van der Waals surface area contributed by atoms with E-state index < -0.39 is 0 Å². The molecular formula is C17H13ClN2O. The molecule has 0 amide bonds. The summed E-state index contributed by atoms with van der Waals surface area (Å²) in [6.07, 6.45) is 0.564. The number of ether oxygens (including phenoxy) is 1. The minimum absolute atomic E-state index is 0.286. The van der Waals surface area contributed by atoms with Gasteiger partial charge in [0.1, 0.15) is 5.75 Å². The third-order valence-electron chi connectivity index (χ3n) is 3.06. The molecule has 0 fully saturated rings. The van der Waals surface area contributed by atoms with E-state index in [0.717, 1.165) is 11.3 Å². The summed E-state index contributed by atoms with van der Waals surface area (Å²) in [6.45, 7) is 0.427. The van der Waals surface area contributed by atoms with Gasteiger partial charge in [0.05, 0.1) is 30.2 Å². The Labute approximate surface area is 129 Å². The Balaban J connectivity index is 1.95. The van der Waals surface area contributed by atoms with Gasteiger partial charge in [0.2, 0.25) is 0 Å². The van der Waals surface area contributed by atoms with E-state index in [1.54, 1.807) is 42.5 Å². The summed E-state index contributed by atoms with van der Waals surface area (Å²) < 4.78 is 5.60. The predicted molar refractivity (Wildman–Crippen MR) is 81.1 cm³/mol. The zero-order valence-corrected chi connectivity index (χ0v) is 12.0. The van der Waals surface area contributed by atoms with Gasteiger partial charge in [-0.1, -0.05) is 23.7 Å². The maximum absolute atomic E-state index is 9.27. The van der Waals surface area contributed by atoms with E-state index in [9.17, 15) is 5.26 Å². The maximum atomic E-state index is 9.27. The van der Waals surface area contributed by atoms with E-state index in [1.807, 2.05) is 6.07 Å². The molecule has 3 nitrogen and oxygen atoms in total. The van der Waals surface area contributed by atoms with Gasteiger partial charge in [0, 0.05) is 11.4 Å². The fourth-order valence-electron chi connectivity index (χ4n) is 1.96. The van der Waals surface area contributed by atoms with Crippen LogP contribution in [0.25, 0.3) is 0 Å². The van der Waals surface area contributed by atoms with Crippen LogP contribution in [0.3, 0.4) is 0 Å². The molecule has 0 N–H and O–H groups in total. The molecule has 0 bridgehead atoms. The van der Waals surface area contributed by atoms with Crippen LogP contribution in [-0.4, -0.2) is 6.61 Å². The van der Waals surface area contributed by atoms with Crippen LogP contribution in [0.1, 0.15) is 23.5 Å². The number of hydrogen-bond donors (Lipinski definition) is 0. The smallest absolute Gasteiger partial charge is 0.119 e. The highest BCUT2D eigenvalue weighted by atomic mass is 35.5. The first-order valence-corrected chi connectivity index (χ1v) is 6.89. The Morgan fingerprint density at radius 1 is 1.10 bits per heavy atom. The van der Waals surface area contributed by atoms with Gasteiger partial charge >= 0.3 is 0 Å². The summed E-state index contributed by atoms with van der Waals surface area (Å²) >= 11 is 5.80. The van der Waals surface area contributed by atoms with Gasteiger partial charge in [0.15, 0.2) is 0 Å². The largest absolute Gasteiger partial charge is 0.494 e. The SMILES string of the molecule is N#Cc1cccc(C(C#N)CCOc2ccc(Cl)cc2)c1. The number of rotatable bonds is 5. The van der Waals surface area contributed by atoms with Crippen LogP contribution in [0.2, 0.25) is 5.02 Å². The highest BCUT2D eigenvalue weighted by Gasteiger charge is 2.11. The maximum Gasteiger partial charge on any atom is 0.119 e. The van der Waals surface area contributed by atoms with Crippen molar-refractivity contribution >= 4 is 11.6 Å². The van der Waals surface area contributed by atoms with Gasteiger partial charge in [-0.3, -0.25) is 0 Å². The van der Waals surface area contributed by atoms with Crippen molar-refractivity contribution in [1.82, 2.24) is 0 Å². The van der Waals surface area contributed by atoms with Crippen LogP contribution in [0.5, 0.6) is 5.75 Å². The third kappa shape index (κ3) is 4.24. The third-order valence-corrected chi connectivity index (χ3v) is 3.31. The molecule has 2 rings (SSSR count). The van der Waals surface area contributed by atoms with Crippen molar-refractivity contribution in [3.8, 4) is 17.9 Å². The molecule has 0 saturated heterocycles. The standard InChI is InChI=1S/C17H13ClN2O/c18-16-4-6-17(7-5-16)21-9-8-15(12-20)14-3-1-2-13(10-14)11-19/h1-7,10,15H,8-9H2. The van der Waals surface area contributed by atoms with E-state index in [0.29, 0.717) is 23.6 Å². The zero-order valence-electron chi connectivity index (χ0n) is 11.3. The van der Waals surface area contributed by atoms with Gasteiger partial charge in [-0.05, 0) is 42.0 Å². The molecule has 0 aliphatic rings. The molecule has 0 spiro atoms. The highest BCUT2D eigenvalue weighted by Crippen LogP contribution is 2.21. The van der Waals surface area contributed by atoms with E-state index in [-0.39, 0.29) is 5.92 Å². The molecule has 2 aromatic carbocycles. The lowest BCUT2D eigenvalue weighted by atomic mass is 9.96. The minimum atomic E-state index is -0.286. The topological polar surface area (TPSA) is 56.8 Å². The second kappa shape index (κ2) is 7.33. The van der Waals surface area contributed by atoms with Crippen molar-refractivity contribution in [2.24, 2.45) is 0 Å². The summed E-state index contributed by atoms with van der Waals surface area (Å²) in [7, 11) is 0. The van der Waals surface area contributed by atoms with E-state index in [1.165, 1.54) is 0 Å². The van der Waals surface area contributed by atoms with Crippen LogP contribution in [-0.2, 0) is 0 Å². The normalized spacial score (nSPS) is 11.2. The van der Waals surface area contributed by atoms with Crippen molar-refractivity contribution in [1.29, 1.82) is 10.5 Å². The Kier molecular flexibility index (Phi) is 5.21. The van der Waals surface area contributed by atoms with Crippen LogP contribution >= 0.6 is 11.6 Å². The number of halogens is 1. The highest BCUT2D eigenvalue weighted by molar-refractivity contribution is 6.30. The molecule has 0 aliphatic heterocycles. The molecule has 0 aromatic heterocycles. The van der Waals surface area contributed by atoms with Crippen LogP contribution in [0.4, 0.5) is 0 Å². The lowest BCUT2D eigenvalue weighted by Crippen LogP contribution is -2.04. The first-order valence-electron chi connectivity index (χ1n) is 6.51. The Bertz CT molecular complexity index is 683. The minimum Gasteiger partial charge on any atom is -0.494 e. The quantitative estimate of drug-likeness (QED) is 0.827. The lowest BCUT2D eigenvalue weighted by Gasteiger charge is -2.11. The van der Waals surface area contributed by atoms with E-state index >= 15 is 0 Å². The second-order valence-corrected chi connectivity index (χ2v) is 4.95. The number of nitriles is 2. The van der Waals surface area contributed by atoms with Gasteiger partial charge in [0.25, 0.3) is 0 Å². The first-order chi connectivity index (χ1) is 10.2. The summed E-state index contributed by atoms with van der Waals surface area (Å²) in [5, 5.41) is 18.8. The van der Waals surface area contributed by atoms with Crippen LogP contribution in [0.15, 0.2) is 48.5 Å². The molecule has 0 radical (unpaired) electrons. The molecule has 0 aliphatic carbocycles. The second-order valence-electron chi connectivity index (χ2n) is 4.51. The average Bonchev–Trinajstić information content (AvgIpc) is 2.53. The summed E-state index contributed by atoms with van der Waals surface area (Å²) in [4.78, 5) is 0. The summed E-state index contributed by atoms with van der Waals surface area (Å²) in [5.74, 6) is 0.437. The van der Waals surface area contributed by atoms with Gasteiger partial charge in [-0.2, -0.15) is 10.5 Å². The number of benzene rings is 2. The monoisotopic (exact) mass is 296 g/mol. The molecule has 104 valence electrons. The van der Waals surface area contributed by atoms with Crippen molar-refractivity contribution < 1.29 is 4.74 Å². The molecule has 0 heterocycles. The zero-order chi connectivity index (χ0) is 15.1. The molecule has 21 heavy (non-hydrogen) atoms.